The summed E-state index contributed by atoms with van der Waals surface area (Å²) >= 11 is 3.41. The highest BCUT2D eigenvalue weighted by Crippen LogP contribution is 2.27. The van der Waals surface area contributed by atoms with Gasteiger partial charge in [-0.15, -0.1) is 5.10 Å². The van der Waals surface area contributed by atoms with Crippen LogP contribution in [-0.4, -0.2) is 22.1 Å². The monoisotopic (exact) mass is 310 g/mol. The Balaban J connectivity index is 2.40. The first-order valence-electron chi connectivity index (χ1n) is 5.47. The summed E-state index contributed by atoms with van der Waals surface area (Å²) in [6, 6.07) is 5.71. The fourth-order valence-corrected chi connectivity index (χ4v) is 1.88. The average molecular weight is 311 g/mol. The predicted molar refractivity (Wildman–Crippen MR) is 72.8 cm³/mol. The van der Waals surface area contributed by atoms with Gasteiger partial charge >= 0.3 is 0 Å². The number of rotatable bonds is 3. The third kappa shape index (κ3) is 2.54. The van der Waals surface area contributed by atoms with Crippen LogP contribution in [-0.2, 0) is 5.54 Å². The van der Waals surface area contributed by atoms with E-state index in [9.17, 15) is 0 Å². The molecule has 0 fully saturated rings. The molecule has 5 nitrogen and oxygen atoms in total. The number of hydrogen-bond acceptors (Lipinski definition) is 4. The molecular weight excluding hydrogens is 296 g/mol. The van der Waals surface area contributed by atoms with Crippen LogP contribution in [0.4, 0.5) is 0 Å². The number of benzene rings is 1. The first-order valence-corrected chi connectivity index (χ1v) is 6.27. The molecule has 0 aliphatic rings. The van der Waals surface area contributed by atoms with E-state index in [1.165, 1.54) is 0 Å². The Bertz CT molecular complexity index is 559. The molecule has 1 aromatic carbocycles. The van der Waals surface area contributed by atoms with Gasteiger partial charge in [-0.2, -0.15) is 0 Å². The molecule has 0 spiro atoms. The molecule has 0 bridgehead atoms. The molecule has 2 N–H and O–H groups in total. The summed E-state index contributed by atoms with van der Waals surface area (Å²) in [5.74, 6) is 0.747. The zero-order valence-electron chi connectivity index (χ0n) is 10.5. The van der Waals surface area contributed by atoms with E-state index in [-0.39, 0.29) is 0 Å². The van der Waals surface area contributed by atoms with Crippen molar-refractivity contribution in [1.82, 2.24) is 15.0 Å². The average Bonchev–Trinajstić information content (AvgIpc) is 2.78. The molecule has 96 valence electrons. The molecule has 0 amide bonds. The minimum atomic E-state index is -0.502. The van der Waals surface area contributed by atoms with Gasteiger partial charge in [0.25, 0.3) is 0 Å². The fraction of sp³-hybridized carbons (Fsp3) is 0.333. The van der Waals surface area contributed by atoms with Crippen molar-refractivity contribution in [3.05, 3.63) is 34.6 Å². The Morgan fingerprint density at radius 2 is 2.11 bits per heavy atom. The smallest absolute Gasteiger partial charge is 0.135 e. The SMILES string of the molecule is COc1cc(-n2cc(C(C)(C)N)nn2)ccc1Br. The van der Waals surface area contributed by atoms with Crippen LogP contribution in [0.2, 0.25) is 0 Å². The van der Waals surface area contributed by atoms with Gasteiger partial charge in [0.15, 0.2) is 0 Å². The molecule has 0 saturated carbocycles. The van der Waals surface area contributed by atoms with Crippen molar-refractivity contribution >= 4 is 15.9 Å². The molecule has 18 heavy (non-hydrogen) atoms. The Morgan fingerprint density at radius 1 is 1.39 bits per heavy atom. The summed E-state index contributed by atoms with van der Waals surface area (Å²) in [4.78, 5) is 0. The normalized spacial score (nSPS) is 11.6. The number of aromatic nitrogens is 3. The number of ether oxygens (including phenoxy) is 1. The van der Waals surface area contributed by atoms with E-state index in [0.717, 1.165) is 21.6 Å². The maximum atomic E-state index is 5.98. The van der Waals surface area contributed by atoms with E-state index in [0.29, 0.717) is 0 Å². The quantitative estimate of drug-likeness (QED) is 0.944. The highest BCUT2D eigenvalue weighted by atomic mass is 79.9. The van der Waals surface area contributed by atoms with Gasteiger partial charge in [-0.05, 0) is 41.9 Å². The second-order valence-electron chi connectivity index (χ2n) is 4.59. The van der Waals surface area contributed by atoms with Crippen LogP contribution in [0.25, 0.3) is 5.69 Å². The van der Waals surface area contributed by atoms with Crippen molar-refractivity contribution in [3.63, 3.8) is 0 Å². The largest absolute Gasteiger partial charge is 0.495 e. The minimum Gasteiger partial charge on any atom is -0.495 e. The van der Waals surface area contributed by atoms with E-state index in [2.05, 4.69) is 26.2 Å². The van der Waals surface area contributed by atoms with Gasteiger partial charge in [0.2, 0.25) is 0 Å². The standard InChI is InChI=1S/C12H15BrN4O/c1-12(2,14)11-7-17(16-15-11)8-4-5-9(13)10(6-8)18-3/h4-7H,14H2,1-3H3. The predicted octanol–water partition coefficient (Wildman–Crippen LogP) is 2.23. The van der Waals surface area contributed by atoms with Crippen LogP contribution in [0.5, 0.6) is 5.75 Å². The van der Waals surface area contributed by atoms with Crippen LogP contribution < -0.4 is 10.5 Å². The first-order chi connectivity index (χ1) is 8.41. The Hall–Kier alpha value is -1.40. The topological polar surface area (TPSA) is 66.0 Å². The summed E-state index contributed by atoms with van der Waals surface area (Å²) in [7, 11) is 1.62. The van der Waals surface area contributed by atoms with Gasteiger partial charge < -0.3 is 10.5 Å². The maximum Gasteiger partial charge on any atom is 0.135 e. The van der Waals surface area contributed by atoms with Crippen LogP contribution in [0, 0.1) is 0 Å². The van der Waals surface area contributed by atoms with Crippen LogP contribution in [0.1, 0.15) is 19.5 Å². The summed E-state index contributed by atoms with van der Waals surface area (Å²) < 4.78 is 7.82. The number of halogens is 1. The van der Waals surface area contributed by atoms with Crippen LogP contribution in [0.15, 0.2) is 28.9 Å². The van der Waals surface area contributed by atoms with Crippen molar-refractivity contribution in [2.75, 3.05) is 7.11 Å². The van der Waals surface area contributed by atoms with Gasteiger partial charge in [-0.25, -0.2) is 4.68 Å². The second-order valence-corrected chi connectivity index (χ2v) is 5.44. The molecule has 0 atom stereocenters. The highest BCUT2D eigenvalue weighted by molar-refractivity contribution is 9.10. The lowest BCUT2D eigenvalue weighted by Crippen LogP contribution is -2.29. The fourth-order valence-electron chi connectivity index (χ4n) is 1.48. The van der Waals surface area contributed by atoms with Crippen molar-refractivity contribution in [1.29, 1.82) is 0 Å². The van der Waals surface area contributed by atoms with E-state index < -0.39 is 5.54 Å². The zero-order valence-corrected chi connectivity index (χ0v) is 12.1. The molecule has 6 heteroatoms. The summed E-state index contributed by atoms with van der Waals surface area (Å²) in [5.41, 5.74) is 7.09. The van der Waals surface area contributed by atoms with Gasteiger partial charge in [0.05, 0.1) is 29.0 Å². The zero-order chi connectivity index (χ0) is 13.3. The van der Waals surface area contributed by atoms with Gasteiger partial charge in [-0.3, -0.25) is 0 Å². The van der Waals surface area contributed by atoms with E-state index in [1.54, 1.807) is 11.8 Å². The molecule has 2 rings (SSSR count). The Labute approximate surface area is 114 Å². The lowest BCUT2D eigenvalue weighted by Gasteiger charge is -2.13. The minimum absolute atomic E-state index is 0.502. The number of nitrogens with two attached hydrogens (primary N) is 1. The van der Waals surface area contributed by atoms with Crippen molar-refractivity contribution < 1.29 is 4.74 Å². The lowest BCUT2D eigenvalue weighted by atomic mass is 10.0. The van der Waals surface area contributed by atoms with E-state index in [4.69, 9.17) is 10.5 Å². The highest BCUT2D eigenvalue weighted by Gasteiger charge is 2.18. The third-order valence-corrected chi connectivity index (χ3v) is 3.21. The van der Waals surface area contributed by atoms with Gasteiger partial charge in [0.1, 0.15) is 11.4 Å². The van der Waals surface area contributed by atoms with E-state index >= 15 is 0 Å². The molecule has 0 aliphatic heterocycles. The van der Waals surface area contributed by atoms with Gasteiger partial charge in [0, 0.05) is 6.07 Å². The van der Waals surface area contributed by atoms with Crippen molar-refractivity contribution in [2.45, 2.75) is 19.4 Å². The van der Waals surface area contributed by atoms with Crippen LogP contribution >= 0.6 is 15.9 Å². The van der Waals surface area contributed by atoms with E-state index in [1.807, 2.05) is 38.2 Å². The second kappa shape index (κ2) is 4.70. The lowest BCUT2D eigenvalue weighted by molar-refractivity contribution is 0.412. The molecule has 0 unspecified atom stereocenters. The van der Waals surface area contributed by atoms with Crippen LogP contribution in [0.3, 0.4) is 0 Å². The number of nitrogens with zero attached hydrogens (tertiary/aromatic N) is 3. The van der Waals surface area contributed by atoms with Crippen molar-refractivity contribution in [3.8, 4) is 11.4 Å². The molecule has 0 saturated heterocycles. The molecule has 1 heterocycles. The maximum absolute atomic E-state index is 5.98. The number of methoxy groups -OCH3 is 1. The molecule has 1 aromatic heterocycles. The van der Waals surface area contributed by atoms with Gasteiger partial charge in [-0.1, -0.05) is 5.21 Å². The molecule has 0 radical (unpaired) electrons. The summed E-state index contributed by atoms with van der Waals surface area (Å²) in [5, 5.41) is 8.15. The molecular formula is C12H15BrN4O. The third-order valence-electron chi connectivity index (χ3n) is 2.55. The summed E-state index contributed by atoms with van der Waals surface area (Å²) in [6.07, 6.45) is 1.82. The Morgan fingerprint density at radius 3 is 2.67 bits per heavy atom. The number of hydrogen-bond donors (Lipinski definition) is 1. The Kier molecular flexibility index (Phi) is 3.41. The molecule has 0 aliphatic carbocycles. The first kappa shape index (κ1) is 13.0. The molecule has 2 aromatic rings. The van der Waals surface area contributed by atoms with Crippen molar-refractivity contribution in [2.24, 2.45) is 5.73 Å². The summed E-state index contributed by atoms with van der Waals surface area (Å²) in [6.45, 7) is 3.78.